The lowest BCUT2D eigenvalue weighted by atomic mass is 9.86. The van der Waals surface area contributed by atoms with Crippen LogP contribution in [0.2, 0.25) is 0 Å². The monoisotopic (exact) mass is 401 g/mol. The topological polar surface area (TPSA) is 85.8 Å². The number of nitrogens with zero attached hydrogens (tertiary/aromatic N) is 3. The molecule has 0 spiro atoms. The summed E-state index contributed by atoms with van der Waals surface area (Å²) in [5.41, 5.74) is 2.26. The Morgan fingerprint density at radius 2 is 1.89 bits per heavy atom. The molecule has 0 saturated heterocycles. The van der Waals surface area contributed by atoms with Crippen molar-refractivity contribution in [2.75, 3.05) is 11.6 Å². The van der Waals surface area contributed by atoms with Crippen LogP contribution in [-0.4, -0.2) is 32.6 Å². The highest BCUT2D eigenvalue weighted by atomic mass is 32.2. The van der Waals surface area contributed by atoms with Crippen molar-refractivity contribution in [1.82, 2.24) is 20.2 Å². The average molecular weight is 402 g/mol. The van der Waals surface area contributed by atoms with Gasteiger partial charge in [-0.15, -0.1) is 10.2 Å². The van der Waals surface area contributed by atoms with E-state index in [4.69, 9.17) is 5.84 Å². The molecule has 3 rings (SSSR count). The Labute approximate surface area is 171 Å². The van der Waals surface area contributed by atoms with E-state index in [2.05, 4.69) is 55.3 Å². The van der Waals surface area contributed by atoms with Gasteiger partial charge >= 0.3 is 0 Å². The molecule has 0 unspecified atom stereocenters. The molecule has 1 amide bonds. The molecule has 7 heteroatoms. The minimum absolute atomic E-state index is 0.0304. The zero-order chi connectivity index (χ0) is 20.3. The van der Waals surface area contributed by atoms with Crippen molar-refractivity contribution in [3.63, 3.8) is 0 Å². The molecule has 6 nitrogen and oxygen atoms in total. The van der Waals surface area contributed by atoms with Crippen LogP contribution in [0, 0.1) is 5.92 Å². The Kier molecular flexibility index (Phi) is 6.33. The van der Waals surface area contributed by atoms with Crippen LogP contribution in [0.15, 0.2) is 29.4 Å². The van der Waals surface area contributed by atoms with Crippen molar-refractivity contribution >= 4 is 17.7 Å². The number of nitrogens with two attached hydrogens (primary N) is 1. The van der Waals surface area contributed by atoms with Gasteiger partial charge < -0.3 is 11.2 Å². The Morgan fingerprint density at radius 1 is 1.21 bits per heavy atom. The number of hydrogen-bond acceptors (Lipinski definition) is 5. The zero-order valence-corrected chi connectivity index (χ0v) is 18.1. The Hall–Kier alpha value is -2.02. The molecule has 2 atom stereocenters. The average Bonchev–Trinajstić information content (AvgIpc) is 3.02. The first kappa shape index (κ1) is 20.7. The minimum atomic E-state index is 0.0304. The fourth-order valence-corrected chi connectivity index (χ4v) is 4.27. The van der Waals surface area contributed by atoms with Crippen molar-refractivity contribution in [3.05, 3.63) is 29.8 Å². The Balaban J connectivity index is 1.61. The molecular weight excluding hydrogens is 370 g/mol. The first-order chi connectivity index (χ1) is 13.3. The van der Waals surface area contributed by atoms with Gasteiger partial charge in [-0.2, -0.15) is 0 Å². The van der Waals surface area contributed by atoms with Gasteiger partial charge in [0.15, 0.2) is 5.82 Å². The summed E-state index contributed by atoms with van der Waals surface area (Å²) in [5, 5.41) is 12.1. The lowest BCUT2D eigenvalue weighted by molar-refractivity contribution is -0.119. The molecule has 3 N–H and O–H groups in total. The van der Waals surface area contributed by atoms with Crippen molar-refractivity contribution in [2.24, 2.45) is 5.92 Å². The number of nitrogens with one attached hydrogen (secondary N) is 1. The number of carbonyl (C=O) groups is 1. The van der Waals surface area contributed by atoms with Gasteiger partial charge in [0.2, 0.25) is 11.1 Å². The summed E-state index contributed by atoms with van der Waals surface area (Å²) in [7, 11) is 0. The van der Waals surface area contributed by atoms with Crippen LogP contribution in [0.3, 0.4) is 0 Å². The smallest absolute Gasteiger partial charge is 0.230 e. The second kappa shape index (κ2) is 8.55. The third-order valence-corrected chi connectivity index (χ3v) is 6.41. The summed E-state index contributed by atoms with van der Waals surface area (Å²) < 4.78 is 1.47. The third-order valence-electron chi connectivity index (χ3n) is 5.46. The van der Waals surface area contributed by atoms with Crippen LogP contribution in [-0.2, 0) is 10.2 Å². The van der Waals surface area contributed by atoms with Gasteiger partial charge in [-0.3, -0.25) is 4.79 Å². The Bertz CT molecular complexity index is 809. The molecule has 0 bridgehead atoms. The fourth-order valence-electron chi connectivity index (χ4n) is 3.60. The molecule has 0 radical (unpaired) electrons. The predicted molar refractivity (Wildman–Crippen MR) is 115 cm³/mol. The highest BCUT2D eigenvalue weighted by molar-refractivity contribution is 7.99. The summed E-state index contributed by atoms with van der Waals surface area (Å²) in [5.74, 6) is 7.66. The second-order valence-corrected chi connectivity index (χ2v) is 9.67. The molecule has 1 saturated carbocycles. The molecule has 28 heavy (non-hydrogen) atoms. The van der Waals surface area contributed by atoms with Gasteiger partial charge in [0.05, 0.1) is 5.75 Å². The number of thioether (sulfide) groups is 1. The SMILES string of the molecule is C[C@H]1CCCC[C@@H]1NC(=O)CSc1nnc(-c2ccc(C(C)(C)C)cc2)n1N. The molecule has 0 aliphatic heterocycles. The van der Waals surface area contributed by atoms with Crippen LogP contribution in [0.25, 0.3) is 11.4 Å². The standard InChI is InChI=1S/C21H31N5OS/c1-14-7-5-6-8-17(14)23-18(27)13-28-20-25-24-19(26(20)22)15-9-11-16(12-10-15)21(2,3)4/h9-12,14,17H,5-8,13,22H2,1-4H3,(H,23,27)/t14-,17-/m0/s1. The first-order valence-corrected chi connectivity index (χ1v) is 11.0. The number of benzene rings is 1. The predicted octanol–water partition coefficient (Wildman–Crippen LogP) is 3.74. The van der Waals surface area contributed by atoms with E-state index in [-0.39, 0.29) is 17.4 Å². The van der Waals surface area contributed by atoms with Gasteiger partial charge in [-0.25, -0.2) is 4.68 Å². The first-order valence-electron chi connectivity index (χ1n) is 9.99. The normalized spacial score (nSPS) is 20.1. The maximum absolute atomic E-state index is 12.3. The Morgan fingerprint density at radius 3 is 2.54 bits per heavy atom. The van der Waals surface area contributed by atoms with Crippen LogP contribution in [0.4, 0.5) is 0 Å². The number of nitrogen functional groups attached to an aromatic ring is 1. The molecule has 1 aliphatic carbocycles. The van der Waals surface area contributed by atoms with E-state index in [1.165, 1.54) is 41.3 Å². The summed E-state index contributed by atoms with van der Waals surface area (Å²) in [4.78, 5) is 12.3. The molecule has 1 aromatic heterocycles. The number of aromatic nitrogens is 3. The summed E-state index contributed by atoms with van der Waals surface area (Å²) in [6.07, 6.45) is 4.71. The molecule has 1 aromatic carbocycles. The van der Waals surface area contributed by atoms with E-state index in [0.717, 1.165) is 12.0 Å². The maximum Gasteiger partial charge on any atom is 0.230 e. The van der Waals surface area contributed by atoms with Gasteiger partial charge in [0, 0.05) is 11.6 Å². The number of amides is 1. The lowest BCUT2D eigenvalue weighted by Gasteiger charge is -2.29. The van der Waals surface area contributed by atoms with E-state index in [1.807, 2.05) is 12.1 Å². The van der Waals surface area contributed by atoms with Crippen molar-refractivity contribution in [1.29, 1.82) is 0 Å². The molecule has 2 aromatic rings. The van der Waals surface area contributed by atoms with E-state index >= 15 is 0 Å². The van der Waals surface area contributed by atoms with Crippen LogP contribution in [0.1, 0.15) is 58.9 Å². The highest BCUT2D eigenvalue weighted by Gasteiger charge is 2.23. The number of carbonyl (C=O) groups excluding carboxylic acids is 1. The van der Waals surface area contributed by atoms with Gasteiger partial charge in [0.25, 0.3) is 0 Å². The molecule has 1 aliphatic rings. The maximum atomic E-state index is 12.3. The minimum Gasteiger partial charge on any atom is -0.352 e. The van der Waals surface area contributed by atoms with E-state index in [9.17, 15) is 4.79 Å². The molecule has 1 fully saturated rings. The summed E-state index contributed by atoms with van der Waals surface area (Å²) in [6, 6.07) is 8.50. The van der Waals surface area contributed by atoms with Crippen LogP contribution < -0.4 is 11.2 Å². The number of hydrogen-bond donors (Lipinski definition) is 2. The van der Waals surface area contributed by atoms with Gasteiger partial charge in [-0.05, 0) is 29.7 Å². The third kappa shape index (κ3) is 4.87. The molecular formula is C21H31N5OS. The van der Waals surface area contributed by atoms with Gasteiger partial charge in [0.1, 0.15) is 0 Å². The van der Waals surface area contributed by atoms with E-state index in [1.54, 1.807) is 0 Å². The van der Waals surface area contributed by atoms with Crippen molar-refractivity contribution in [3.8, 4) is 11.4 Å². The lowest BCUT2D eigenvalue weighted by Crippen LogP contribution is -2.41. The fraction of sp³-hybridized carbons (Fsp3) is 0.571. The quantitative estimate of drug-likeness (QED) is 0.589. The molecule has 152 valence electrons. The zero-order valence-electron chi connectivity index (χ0n) is 17.2. The van der Waals surface area contributed by atoms with Crippen LogP contribution >= 0.6 is 11.8 Å². The summed E-state index contributed by atoms with van der Waals surface area (Å²) in [6.45, 7) is 8.76. The van der Waals surface area contributed by atoms with Crippen molar-refractivity contribution < 1.29 is 4.79 Å². The van der Waals surface area contributed by atoms with E-state index < -0.39 is 0 Å². The van der Waals surface area contributed by atoms with Crippen LogP contribution in [0.5, 0.6) is 0 Å². The molecule has 1 heterocycles. The highest BCUT2D eigenvalue weighted by Crippen LogP contribution is 2.27. The van der Waals surface area contributed by atoms with Gasteiger partial charge in [-0.1, -0.05) is 76.6 Å². The largest absolute Gasteiger partial charge is 0.352 e. The second-order valence-electron chi connectivity index (χ2n) is 8.73. The van der Waals surface area contributed by atoms with E-state index in [0.29, 0.717) is 22.7 Å². The number of rotatable bonds is 5. The van der Waals surface area contributed by atoms with Crippen molar-refractivity contribution in [2.45, 2.75) is 70.0 Å². The summed E-state index contributed by atoms with van der Waals surface area (Å²) >= 11 is 1.32.